The van der Waals surface area contributed by atoms with E-state index < -0.39 is 17.8 Å². The number of hydrogen-bond acceptors (Lipinski definition) is 7. The molecule has 2 N–H and O–H groups in total. The van der Waals surface area contributed by atoms with Crippen molar-refractivity contribution in [3.8, 4) is 0 Å². The topological polar surface area (TPSA) is 75.2 Å². The van der Waals surface area contributed by atoms with Crippen LogP contribution in [0.2, 0.25) is 5.02 Å². The van der Waals surface area contributed by atoms with E-state index in [0.717, 1.165) is 44.0 Å². The van der Waals surface area contributed by atoms with Gasteiger partial charge in [-0.15, -0.1) is 0 Å². The van der Waals surface area contributed by atoms with E-state index >= 15 is 0 Å². The Bertz CT molecular complexity index is 864. The van der Waals surface area contributed by atoms with Crippen molar-refractivity contribution in [1.82, 2.24) is 15.5 Å². The summed E-state index contributed by atoms with van der Waals surface area (Å²) < 4.78 is 24.2. The van der Waals surface area contributed by atoms with Gasteiger partial charge in [-0.2, -0.15) is 0 Å². The lowest BCUT2D eigenvalue weighted by Crippen LogP contribution is -2.47. The molecule has 2 fully saturated rings. The van der Waals surface area contributed by atoms with Crippen LogP contribution in [0.1, 0.15) is 24.4 Å². The van der Waals surface area contributed by atoms with E-state index in [1.807, 2.05) is 0 Å². The first-order chi connectivity index (χ1) is 14.6. The Morgan fingerprint density at radius 3 is 2.87 bits per heavy atom. The average molecular weight is 437 g/mol. The average Bonchev–Trinajstić information content (AvgIpc) is 3.28. The van der Waals surface area contributed by atoms with E-state index in [2.05, 4.69) is 15.5 Å². The number of amidine groups is 1. The molecule has 0 aliphatic carbocycles. The Hall–Kier alpha value is -2.00. The van der Waals surface area contributed by atoms with Gasteiger partial charge in [0.2, 0.25) is 0 Å². The lowest BCUT2D eigenvalue weighted by atomic mass is 9.94. The van der Waals surface area contributed by atoms with Crippen LogP contribution in [0, 0.1) is 5.82 Å². The van der Waals surface area contributed by atoms with Gasteiger partial charge in [-0.3, -0.25) is 9.89 Å². The first-order valence-electron chi connectivity index (χ1n) is 10.2. The number of carbonyl (C=O) groups excluding carboxylic acids is 1. The van der Waals surface area contributed by atoms with Gasteiger partial charge in [-0.05, 0) is 31.5 Å². The number of nitrogens with zero attached hydrogens (tertiary/aromatic N) is 2. The Kier molecular flexibility index (Phi) is 6.67. The Labute approximate surface area is 180 Å². The highest BCUT2D eigenvalue weighted by molar-refractivity contribution is 6.31. The first-order valence-corrected chi connectivity index (χ1v) is 10.6. The number of esters is 1. The molecule has 1 aromatic carbocycles. The molecule has 3 aliphatic heterocycles. The molecule has 9 heteroatoms. The molecule has 0 saturated carbocycles. The van der Waals surface area contributed by atoms with Crippen molar-refractivity contribution in [2.45, 2.75) is 24.9 Å². The maximum absolute atomic E-state index is 13.7. The monoisotopic (exact) mass is 436 g/mol. The molecule has 4 rings (SSSR count). The summed E-state index contributed by atoms with van der Waals surface area (Å²) in [5.74, 6) is -0.136. The molecule has 2 atom stereocenters. The smallest absolute Gasteiger partial charge is 0.338 e. The maximum Gasteiger partial charge on any atom is 0.338 e. The second-order valence-electron chi connectivity index (χ2n) is 7.63. The van der Waals surface area contributed by atoms with Crippen LogP contribution in [0.25, 0.3) is 0 Å². The normalized spacial score (nSPS) is 25.1. The number of methoxy groups -OCH3 is 1. The molecule has 0 bridgehead atoms. The molecule has 30 heavy (non-hydrogen) atoms. The third kappa shape index (κ3) is 4.51. The van der Waals surface area contributed by atoms with Crippen LogP contribution in [0.3, 0.4) is 0 Å². The molecule has 3 heterocycles. The molecule has 0 spiro atoms. The second-order valence-corrected chi connectivity index (χ2v) is 8.04. The summed E-state index contributed by atoms with van der Waals surface area (Å²) in [5.41, 5.74) is 1.72. The van der Waals surface area contributed by atoms with Gasteiger partial charge in [-0.25, -0.2) is 9.18 Å². The number of ether oxygens (including phenoxy) is 2. The van der Waals surface area contributed by atoms with Crippen LogP contribution in [0.4, 0.5) is 4.39 Å². The molecule has 7 nitrogen and oxygen atoms in total. The predicted molar refractivity (Wildman–Crippen MR) is 112 cm³/mol. The number of benzene rings is 1. The van der Waals surface area contributed by atoms with E-state index in [1.165, 1.54) is 19.2 Å². The Balaban J connectivity index is 1.77. The predicted octanol–water partition coefficient (Wildman–Crippen LogP) is 2.03. The summed E-state index contributed by atoms with van der Waals surface area (Å²) in [6.45, 7) is 4.30. The number of morpholine rings is 1. The van der Waals surface area contributed by atoms with Gasteiger partial charge < -0.3 is 20.1 Å². The highest BCUT2D eigenvalue weighted by atomic mass is 35.5. The van der Waals surface area contributed by atoms with E-state index in [4.69, 9.17) is 26.1 Å². The summed E-state index contributed by atoms with van der Waals surface area (Å²) in [6.07, 6.45) is 2.01. The molecule has 2 unspecified atom stereocenters. The molecule has 162 valence electrons. The van der Waals surface area contributed by atoms with Crippen LogP contribution in [0.5, 0.6) is 0 Å². The van der Waals surface area contributed by atoms with Gasteiger partial charge in [0.05, 0.1) is 31.9 Å². The third-order valence-corrected chi connectivity index (χ3v) is 6.01. The highest BCUT2D eigenvalue weighted by Gasteiger charge is 2.36. The van der Waals surface area contributed by atoms with Crippen molar-refractivity contribution in [2.75, 3.05) is 46.5 Å². The summed E-state index contributed by atoms with van der Waals surface area (Å²) >= 11 is 6.38. The highest BCUT2D eigenvalue weighted by Crippen LogP contribution is 2.36. The van der Waals surface area contributed by atoms with Gasteiger partial charge in [0.15, 0.2) is 0 Å². The molecular weight excluding hydrogens is 411 g/mol. The molecule has 3 aliphatic rings. The van der Waals surface area contributed by atoms with Gasteiger partial charge in [0.25, 0.3) is 0 Å². The fourth-order valence-corrected chi connectivity index (χ4v) is 4.39. The van der Waals surface area contributed by atoms with Gasteiger partial charge in [0, 0.05) is 35.9 Å². The standard InChI is InChI=1S/C21H26ClFN4O3/c1-29-21(28)18-17(12-27-7-9-30-10-8-27)25-20(16-3-2-6-24-16)26-19(18)14-5-4-13(23)11-15(14)22/h4-5,11,16,19,24H,2-3,6-10,12H2,1H3,(H,25,26). The molecule has 0 radical (unpaired) electrons. The lowest BCUT2D eigenvalue weighted by molar-refractivity contribution is -0.136. The number of halogens is 2. The van der Waals surface area contributed by atoms with E-state index in [9.17, 15) is 9.18 Å². The summed E-state index contributed by atoms with van der Waals surface area (Å²) in [5, 5.41) is 7.08. The van der Waals surface area contributed by atoms with Gasteiger partial charge in [-0.1, -0.05) is 17.7 Å². The van der Waals surface area contributed by atoms with Crippen molar-refractivity contribution < 1.29 is 18.7 Å². The lowest BCUT2D eigenvalue weighted by Gasteiger charge is -2.33. The van der Waals surface area contributed by atoms with Crippen molar-refractivity contribution in [1.29, 1.82) is 0 Å². The summed E-state index contributed by atoms with van der Waals surface area (Å²) in [4.78, 5) is 19.9. The van der Waals surface area contributed by atoms with Gasteiger partial charge >= 0.3 is 5.97 Å². The molecule has 0 aromatic heterocycles. The fraction of sp³-hybridized carbons (Fsp3) is 0.524. The number of hydrogen-bond donors (Lipinski definition) is 2. The van der Waals surface area contributed by atoms with Crippen molar-refractivity contribution in [3.63, 3.8) is 0 Å². The fourth-order valence-electron chi connectivity index (χ4n) is 4.12. The zero-order valence-electron chi connectivity index (χ0n) is 16.9. The number of carbonyl (C=O) groups is 1. The summed E-state index contributed by atoms with van der Waals surface area (Å²) in [7, 11) is 1.35. The van der Waals surface area contributed by atoms with Crippen molar-refractivity contribution in [2.24, 2.45) is 4.99 Å². The van der Waals surface area contributed by atoms with Gasteiger partial charge in [0.1, 0.15) is 17.7 Å². The Morgan fingerprint density at radius 1 is 1.40 bits per heavy atom. The Morgan fingerprint density at radius 2 is 2.20 bits per heavy atom. The molecule has 1 aromatic rings. The van der Waals surface area contributed by atoms with Crippen LogP contribution < -0.4 is 10.6 Å². The van der Waals surface area contributed by atoms with E-state index in [-0.39, 0.29) is 11.1 Å². The minimum absolute atomic E-state index is 0.0746. The van der Waals surface area contributed by atoms with Crippen molar-refractivity contribution in [3.05, 3.63) is 45.9 Å². The summed E-state index contributed by atoms with van der Waals surface area (Å²) in [6, 6.07) is 3.58. The zero-order valence-corrected chi connectivity index (χ0v) is 17.7. The molecule has 0 amide bonds. The van der Waals surface area contributed by atoms with Crippen LogP contribution in [-0.2, 0) is 14.3 Å². The van der Waals surface area contributed by atoms with Crippen molar-refractivity contribution >= 4 is 23.4 Å². The number of nitrogens with one attached hydrogen (secondary N) is 2. The third-order valence-electron chi connectivity index (χ3n) is 5.68. The first kappa shape index (κ1) is 21.2. The zero-order chi connectivity index (χ0) is 21.1. The minimum atomic E-state index is -0.666. The molecule has 2 saturated heterocycles. The number of rotatable bonds is 5. The minimum Gasteiger partial charge on any atom is -0.466 e. The largest absolute Gasteiger partial charge is 0.466 e. The SMILES string of the molecule is COC(=O)C1=C(CN2CCOCC2)NC(C2CCCN2)=NC1c1ccc(F)cc1Cl. The maximum atomic E-state index is 13.7. The van der Waals surface area contributed by atoms with E-state index in [0.29, 0.717) is 30.9 Å². The van der Waals surface area contributed by atoms with Crippen LogP contribution in [-0.4, -0.2) is 69.2 Å². The van der Waals surface area contributed by atoms with E-state index in [1.54, 1.807) is 6.07 Å². The molecular formula is C21H26ClFN4O3. The van der Waals surface area contributed by atoms with Crippen LogP contribution >= 0.6 is 11.6 Å². The number of aliphatic imine (C=N–C) groups is 1. The van der Waals surface area contributed by atoms with Crippen LogP contribution in [0.15, 0.2) is 34.5 Å². The second kappa shape index (κ2) is 9.43. The quantitative estimate of drug-likeness (QED) is 0.688.